The lowest BCUT2D eigenvalue weighted by Crippen LogP contribution is -2.42. The van der Waals surface area contributed by atoms with Gasteiger partial charge in [-0.25, -0.2) is 13.2 Å². The van der Waals surface area contributed by atoms with Crippen LogP contribution in [0.3, 0.4) is 0 Å². The van der Waals surface area contributed by atoms with E-state index in [4.69, 9.17) is 20.8 Å². The van der Waals surface area contributed by atoms with Crippen LogP contribution < -0.4 is 5.63 Å². The van der Waals surface area contributed by atoms with E-state index in [0.717, 1.165) is 5.56 Å². The number of halogens is 1. The topological polar surface area (TPSA) is 93.9 Å². The zero-order chi connectivity index (χ0) is 22.9. The Morgan fingerprint density at radius 3 is 2.69 bits per heavy atom. The van der Waals surface area contributed by atoms with Gasteiger partial charge in [0.05, 0.1) is 10.8 Å². The van der Waals surface area contributed by atoms with Gasteiger partial charge in [0, 0.05) is 35.1 Å². The molecule has 2 aromatic carbocycles. The molecular weight excluding hydrogens is 454 g/mol. The van der Waals surface area contributed by atoms with E-state index in [9.17, 15) is 18.0 Å². The van der Waals surface area contributed by atoms with Crippen molar-refractivity contribution in [1.29, 1.82) is 0 Å². The Labute approximate surface area is 190 Å². The lowest BCUT2D eigenvalue weighted by atomic mass is 10.00. The van der Waals surface area contributed by atoms with Gasteiger partial charge in [0.25, 0.3) is 0 Å². The standard InChI is InChI=1S/C23H22ClNO6S/c1-15-4-9-20-17(12-22(26)31-21(20)11-15)14-30-23(27)16-3-2-10-25(13-16)32(28,29)19-7-5-18(24)6-8-19/h4-9,11-12,16H,2-3,10,13-14H2,1H3. The number of benzene rings is 2. The van der Waals surface area contributed by atoms with Crippen LogP contribution in [-0.2, 0) is 26.2 Å². The maximum Gasteiger partial charge on any atom is 0.336 e. The number of hydrogen-bond donors (Lipinski definition) is 0. The highest BCUT2D eigenvalue weighted by molar-refractivity contribution is 7.89. The van der Waals surface area contributed by atoms with Crippen LogP contribution in [0.4, 0.5) is 0 Å². The van der Waals surface area contributed by atoms with Crippen LogP contribution in [0.25, 0.3) is 11.0 Å². The van der Waals surface area contributed by atoms with Crippen molar-refractivity contribution in [2.75, 3.05) is 13.1 Å². The van der Waals surface area contributed by atoms with Crippen molar-refractivity contribution >= 4 is 38.6 Å². The zero-order valence-electron chi connectivity index (χ0n) is 17.4. The molecule has 4 rings (SSSR count). The van der Waals surface area contributed by atoms with Gasteiger partial charge in [-0.2, -0.15) is 4.31 Å². The van der Waals surface area contributed by atoms with Crippen LogP contribution in [0.5, 0.6) is 0 Å². The van der Waals surface area contributed by atoms with Gasteiger partial charge in [-0.3, -0.25) is 4.79 Å². The van der Waals surface area contributed by atoms with Crippen molar-refractivity contribution in [2.45, 2.75) is 31.3 Å². The Kier molecular flexibility index (Phi) is 6.37. The number of carbonyl (C=O) groups excluding carboxylic acids is 1. The van der Waals surface area contributed by atoms with Crippen LogP contribution in [0.2, 0.25) is 5.02 Å². The minimum absolute atomic E-state index is 0.0423. The predicted molar refractivity (Wildman–Crippen MR) is 120 cm³/mol. The summed E-state index contributed by atoms with van der Waals surface area (Å²) in [6.07, 6.45) is 1.08. The molecule has 0 amide bonds. The summed E-state index contributed by atoms with van der Waals surface area (Å²) in [7, 11) is -3.74. The quantitative estimate of drug-likeness (QED) is 0.410. The molecular formula is C23H22ClNO6S. The maximum atomic E-state index is 12.9. The van der Waals surface area contributed by atoms with Gasteiger partial charge < -0.3 is 9.15 Å². The Morgan fingerprint density at radius 1 is 1.19 bits per heavy atom. The van der Waals surface area contributed by atoms with E-state index in [0.29, 0.717) is 40.9 Å². The van der Waals surface area contributed by atoms with Gasteiger partial charge in [0.2, 0.25) is 10.0 Å². The molecule has 1 aliphatic heterocycles. The second-order valence-corrected chi connectivity index (χ2v) is 10.2. The number of sulfonamides is 1. The number of fused-ring (bicyclic) bond motifs is 1. The molecule has 0 N–H and O–H groups in total. The summed E-state index contributed by atoms with van der Waals surface area (Å²) in [5.41, 5.74) is 1.40. The van der Waals surface area contributed by atoms with Gasteiger partial charge in [0.15, 0.2) is 0 Å². The molecule has 3 aromatic rings. The Balaban J connectivity index is 1.47. The molecule has 1 aliphatic rings. The fourth-order valence-corrected chi connectivity index (χ4v) is 5.48. The number of esters is 1. The average molecular weight is 476 g/mol. The molecule has 0 spiro atoms. The molecule has 0 saturated carbocycles. The minimum atomic E-state index is -3.74. The molecule has 1 unspecified atom stereocenters. The number of rotatable bonds is 5. The van der Waals surface area contributed by atoms with E-state index >= 15 is 0 Å². The van der Waals surface area contributed by atoms with Crippen LogP contribution in [0.1, 0.15) is 24.0 Å². The Morgan fingerprint density at radius 2 is 1.94 bits per heavy atom. The van der Waals surface area contributed by atoms with Crippen LogP contribution >= 0.6 is 11.6 Å². The predicted octanol–water partition coefficient (Wildman–Crippen LogP) is 3.90. The molecule has 1 aromatic heterocycles. The first kappa shape index (κ1) is 22.5. The third-order valence-electron chi connectivity index (χ3n) is 5.52. The lowest BCUT2D eigenvalue weighted by molar-refractivity contribution is -0.151. The summed E-state index contributed by atoms with van der Waals surface area (Å²) >= 11 is 5.86. The highest BCUT2D eigenvalue weighted by atomic mass is 35.5. The van der Waals surface area contributed by atoms with Crippen LogP contribution in [0.15, 0.2) is 62.6 Å². The van der Waals surface area contributed by atoms with Crippen molar-refractivity contribution in [3.8, 4) is 0 Å². The fourth-order valence-electron chi connectivity index (χ4n) is 3.83. The first-order valence-corrected chi connectivity index (χ1v) is 12.0. The van der Waals surface area contributed by atoms with Crippen molar-refractivity contribution < 1.29 is 22.4 Å². The molecule has 1 fully saturated rings. The molecule has 32 heavy (non-hydrogen) atoms. The zero-order valence-corrected chi connectivity index (χ0v) is 19.0. The molecule has 0 radical (unpaired) electrons. The van der Waals surface area contributed by atoms with E-state index in [1.807, 2.05) is 19.1 Å². The summed E-state index contributed by atoms with van der Waals surface area (Å²) in [5.74, 6) is -1.08. The van der Waals surface area contributed by atoms with Gasteiger partial charge in [0.1, 0.15) is 12.2 Å². The fraction of sp³-hybridized carbons (Fsp3) is 0.304. The normalized spacial score (nSPS) is 17.4. The number of nitrogens with zero attached hydrogens (tertiary/aromatic N) is 1. The summed E-state index contributed by atoms with van der Waals surface area (Å²) < 4.78 is 37.9. The number of hydrogen-bond acceptors (Lipinski definition) is 6. The number of aryl methyl sites for hydroxylation is 1. The molecule has 0 bridgehead atoms. The molecule has 2 heterocycles. The Hall–Kier alpha value is -2.68. The van der Waals surface area contributed by atoms with Crippen LogP contribution in [0, 0.1) is 12.8 Å². The largest absolute Gasteiger partial charge is 0.461 e. The van der Waals surface area contributed by atoms with Crippen molar-refractivity contribution in [2.24, 2.45) is 5.92 Å². The molecule has 1 atom stereocenters. The number of carbonyl (C=O) groups is 1. The third-order valence-corrected chi connectivity index (χ3v) is 7.66. The van der Waals surface area contributed by atoms with Gasteiger partial charge in [-0.05, 0) is 55.7 Å². The van der Waals surface area contributed by atoms with Crippen molar-refractivity contribution in [1.82, 2.24) is 4.31 Å². The van der Waals surface area contributed by atoms with E-state index in [2.05, 4.69) is 0 Å². The van der Waals surface area contributed by atoms with E-state index in [-0.39, 0.29) is 18.0 Å². The molecule has 7 nitrogen and oxygen atoms in total. The van der Waals surface area contributed by atoms with Gasteiger partial charge >= 0.3 is 11.6 Å². The van der Waals surface area contributed by atoms with E-state index in [1.54, 1.807) is 6.07 Å². The van der Waals surface area contributed by atoms with Crippen LogP contribution in [-0.4, -0.2) is 31.8 Å². The highest BCUT2D eigenvalue weighted by Crippen LogP contribution is 2.26. The van der Waals surface area contributed by atoms with E-state index < -0.39 is 27.5 Å². The van der Waals surface area contributed by atoms with Gasteiger partial charge in [-0.1, -0.05) is 23.7 Å². The SMILES string of the molecule is Cc1ccc2c(COC(=O)C3CCCN(S(=O)(=O)c4ccc(Cl)cc4)C3)cc(=O)oc2c1. The summed E-state index contributed by atoms with van der Waals surface area (Å²) in [6, 6.07) is 12.7. The molecule has 0 aliphatic carbocycles. The summed E-state index contributed by atoms with van der Waals surface area (Å²) in [5, 5.41) is 1.14. The lowest BCUT2D eigenvalue weighted by Gasteiger charge is -2.30. The number of ether oxygens (including phenoxy) is 1. The van der Waals surface area contributed by atoms with Crippen molar-refractivity contribution in [3.63, 3.8) is 0 Å². The van der Waals surface area contributed by atoms with E-state index in [1.165, 1.54) is 34.6 Å². The monoisotopic (exact) mass is 475 g/mol. The molecule has 168 valence electrons. The first-order valence-electron chi connectivity index (χ1n) is 10.2. The second kappa shape index (κ2) is 9.05. The van der Waals surface area contributed by atoms with Gasteiger partial charge in [-0.15, -0.1) is 0 Å². The third kappa shape index (κ3) is 4.72. The minimum Gasteiger partial charge on any atom is -0.461 e. The smallest absolute Gasteiger partial charge is 0.336 e. The summed E-state index contributed by atoms with van der Waals surface area (Å²) in [4.78, 5) is 24.8. The second-order valence-electron chi connectivity index (χ2n) is 7.85. The number of piperidine rings is 1. The first-order chi connectivity index (χ1) is 15.2. The summed E-state index contributed by atoms with van der Waals surface area (Å²) in [6.45, 7) is 2.17. The Bertz CT molecular complexity index is 1320. The molecule has 9 heteroatoms. The average Bonchev–Trinajstić information content (AvgIpc) is 2.77. The highest BCUT2D eigenvalue weighted by Gasteiger charge is 2.34. The maximum absolute atomic E-state index is 12.9. The van der Waals surface area contributed by atoms with Crippen molar-refractivity contribution in [3.05, 3.63) is 75.1 Å². The molecule has 1 saturated heterocycles.